The van der Waals surface area contributed by atoms with Crippen LogP contribution in [0.2, 0.25) is 5.02 Å². The van der Waals surface area contributed by atoms with Gasteiger partial charge < -0.3 is 10.2 Å². The van der Waals surface area contributed by atoms with E-state index in [9.17, 15) is 13.6 Å². The van der Waals surface area contributed by atoms with Crippen molar-refractivity contribution in [1.82, 2.24) is 4.90 Å². The topological polar surface area (TPSA) is 32.3 Å². The van der Waals surface area contributed by atoms with Gasteiger partial charge in [0.25, 0.3) is 0 Å². The number of nitrogens with one attached hydrogen (secondary N) is 1. The van der Waals surface area contributed by atoms with E-state index >= 15 is 0 Å². The Bertz CT molecular complexity index is 1040. The predicted octanol–water partition coefficient (Wildman–Crippen LogP) is 5.80. The van der Waals surface area contributed by atoms with Gasteiger partial charge in [-0.2, -0.15) is 0 Å². The van der Waals surface area contributed by atoms with Crippen LogP contribution in [-0.4, -0.2) is 17.5 Å². The smallest absolute Gasteiger partial charge is 0.313 e. The molecule has 0 radical (unpaired) electrons. The number of carbonyl (C=O) groups excluding carboxylic acids is 1. The molecule has 0 bridgehead atoms. The number of amides is 2. The molecular formula is C22H17ClF2N2O. The van der Waals surface area contributed by atoms with Gasteiger partial charge >= 0.3 is 6.03 Å². The molecule has 142 valence electrons. The Labute approximate surface area is 166 Å². The van der Waals surface area contributed by atoms with Gasteiger partial charge in [-0.25, -0.2) is 13.6 Å². The monoisotopic (exact) mass is 398 g/mol. The van der Waals surface area contributed by atoms with Crippen LogP contribution in [0.5, 0.6) is 0 Å². The van der Waals surface area contributed by atoms with Crippen LogP contribution in [0, 0.1) is 11.6 Å². The normalized spacial score (nSPS) is 15.8. The molecule has 28 heavy (non-hydrogen) atoms. The number of fused-ring (bicyclic) bond motifs is 1. The van der Waals surface area contributed by atoms with E-state index in [1.165, 1.54) is 6.07 Å². The van der Waals surface area contributed by atoms with Crippen molar-refractivity contribution in [3.63, 3.8) is 0 Å². The first-order chi connectivity index (χ1) is 13.5. The molecule has 3 nitrogen and oxygen atoms in total. The number of anilines is 1. The summed E-state index contributed by atoms with van der Waals surface area (Å²) in [6.07, 6.45) is 0.677. The lowest BCUT2D eigenvalue weighted by atomic mass is 9.88. The van der Waals surface area contributed by atoms with Gasteiger partial charge in [-0.3, -0.25) is 0 Å². The fourth-order valence-corrected chi connectivity index (χ4v) is 3.83. The molecule has 3 aromatic rings. The van der Waals surface area contributed by atoms with Crippen LogP contribution < -0.4 is 5.32 Å². The first kappa shape index (κ1) is 18.4. The van der Waals surface area contributed by atoms with E-state index in [2.05, 4.69) is 5.32 Å². The van der Waals surface area contributed by atoms with Crippen LogP contribution in [0.15, 0.2) is 66.7 Å². The summed E-state index contributed by atoms with van der Waals surface area (Å²) < 4.78 is 27.2. The molecule has 4 rings (SSSR count). The van der Waals surface area contributed by atoms with E-state index < -0.39 is 23.7 Å². The van der Waals surface area contributed by atoms with Gasteiger partial charge in [0.05, 0.1) is 11.7 Å². The van der Waals surface area contributed by atoms with E-state index in [4.69, 9.17) is 11.6 Å². The van der Waals surface area contributed by atoms with Crippen LogP contribution in [0.1, 0.15) is 22.7 Å². The molecule has 2 amide bonds. The van der Waals surface area contributed by atoms with Crippen molar-refractivity contribution in [2.45, 2.75) is 12.5 Å². The Kier molecular flexibility index (Phi) is 5.01. The fraction of sp³-hybridized carbons (Fsp3) is 0.136. The minimum atomic E-state index is -0.819. The van der Waals surface area contributed by atoms with Gasteiger partial charge in [-0.1, -0.05) is 54.1 Å². The van der Waals surface area contributed by atoms with Gasteiger partial charge in [0, 0.05) is 17.6 Å². The first-order valence-electron chi connectivity index (χ1n) is 8.89. The number of hydrogen-bond acceptors (Lipinski definition) is 1. The molecule has 3 aromatic carbocycles. The van der Waals surface area contributed by atoms with Gasteiger partial charge in [0.1, 0.15) is 11.6 Å². The number of hydrogen-bond donors (Lipinski definition) is 1. The summed E-state index contributed by atoms with van der Waals surface area (Å²) in [6.45, 7) is 0.446. The van der Waals surface area contributed by atoms with Crippen LogP contribution in [0.4, 0.5) is 19.3 Å². The number of benzene rings is 3. The highest BCUT2D eigenvalue weighted by molar-refractivity contribution is 6.31. The Morgan fingerprint density at radius 2 is 1.71 bits per heavy atom. The number of carbonyl (C=O) groups is 1. The molecule has 0 fully saturated rings. The highest BCUT2D eigenvalue weighted by Crippen LogP contribution is 2.38. The molecule has 0 spiro atoms. The summed E-state index contributed by atoms with van der Waals surface area (Å²) in [6, 6.07) is 17.5. The summed E-state index contributed by atoms with van der Waals surface area (Å²) in [5.41, 5.74) is 2.86. The average Bonchev–Trinajstić information content (AvgIpc) is 2.70. The summed E-state index contributed by atoms with van der Waals surface area (Å²) in [7, 11) is 0. The van der Waals surface area contributed by atoms with Crippen molar-refractivity contribution in [1.29, 1.82) is 0 Å². The fourth-order valence-electron chi connectivity index (χ4n) is 3.60. The lowest BCUT2D eigenvalue weighted by Gasteiger charge is -2.38. The van der Waals surface area contributed by atoms with Crippen LogP contribution in [0.25, 0.3) is 0 Å². The molecule has 1 aliphatic rings. The van der Waals surface area contributed by atoms with Crippen molar-refractivity contribution < 1.29 is 13.6 Å². The maximum atomic E-state index is 14.0. The van der Waals surface area contributed by atoms with E-state index in [1.54, 1.807) is 11.0 Å². The number of halogens is 3. The number of urea groups is 1. The third-order valence-electron chi connectivity index (χ3n) is 4.92. The summed E-state index contributed by atoms with van der Waals surface area (Å²) in [4.78, 5) is 14.7. The Balaban J connectivity index is 1.72. The Hall–Kier alpha value is -2.92. The van der Waals surface area contributed by atoms with Crippen LogP contribution in [0.3, 0.4) is 0 Å². The van der Waals surface area contributed by atoms with Crippen LogP contribution >= 0.6 is 11.6 Å². The first-order valence-corrected chi connectivity index (χ1v) is 9.27. The molecule has 1 aliphatic heterocycles. The zero-order valence-corrected chi connectivity index (χ0v) is 15.6. The molecular weight excluding hydrogens is 382 g/mol. The molecule has 6 heteroatoms. The minimum Gasteiger partial charge on any atom is -0.313 e. The molecule has 0 unspecified atom stereocenters. The highest BCUT2D eigenvalue weighted by Gasteiger charge is 2.33. The van der Waals surface area contributed by atoms with E-state index in [0.29, 0.717) is 18.0 Å². The lowest BCUT2D eigenvalue weighted by molar-refractivity contribution is 0.194. The third kappa shape index (κ3) is 3.45. The second-order valence-electron chi connectivity index (χ2n) is 6.62. The lowest BCUT2D eigenvalue weighted by Crippen LogP contribution is -2.43. The molecule has 0 aromatic heterocycles. The van der Waals surface area contributed by atoms with Gasteiger partial charge in [0.15, 0.2) is 0 Å². The Morgan fingerprint density at radius 1 is 1.00 bits per heavy atom. The standard InChI is InChI=1S/C22H17ClF2N2O/c23-18-8-4-3-7-17(18)21-16-6-2-1-5-14(16)11-12-27(21)22(28)26-20-10-9-15(24)13-19(20)25/h1-10,13,21H,11-12H2,(H,26,28)/t21-/m0/s1. The van der Waals surface area contributed by atoms with Crippen molar-refractivity contribution >= 4 is 23.3 Å². The predicted molar refractivity (Wildman–Crippen MR) is 106 cm³/mol. The van der Waals surface area contributed by atoms with Crippen molar-refractivity contribution in [2.75, 3.05) is 11.9 Å². The maximum absolute atomic E-state index is 14.0. The largest absolute Gasteiger partial charge is 0.322 e. The summed E-state index contributed by atoms with van der Waals surface area (Å²) in [5.74, 6) is -1.52. The third-order valence-corrected chi connectivity index (χ3v) is 5.26. The second-order valence-corrected chi connectivity index (χ2v) is 7.03. The molecule has 1 atom stereocenters. The van der Waals surface area contributed by atoms with Gasteiger partial charge in [-0.05, 0) is 41.3 Å². The van der Waals surface area contributed by atoms with E-state index in [1.807, 2.05) is 42.5 Å². The quantitative estimate of drug-likeness (QED) is 0.581. The van der Waals surface area contributed by atoms with Gasteiger partial charge in [0.2, 0.25) is 0 Å². The maximum Gasteiger partial charge on any atom is 0.322 e. The molecule has 0 saturated heterocycles. The van der Waals surface area contributed by atoms with Crippen molar-refractivity contribution in [3.05, 3.63) is 100 Å². The number of rotatable bonds is 2. The number of nitrogens with zero attached hydrogens (tertiary/aromatic N) is 1. The molecule has 0 saturated carbocycles. The summed E-state index contributed by atoms with van der Waals surface area (Å²) in [5, 5.41) is 3.11. The zero-order chi connectivity index (χ0) is 19.7. The Morgan fingerprint density at radius 3 is 2.46 bits per heavy atom. The molecule has 0 aliphatic carbocycles. The second kappa shape index (κ2) is 7.60. The van der Waals surface area contributed by atoms with Crippen LogP contribution in [-0.2, 0) is 6.42 Å². The SMILES string of the molecule is O=C(Nc1ccc(F)cc1F)N1CCc2ccccc2[C@H]1c1ccccc1Cl. The van der Waals surface area contributed by atoms with Crippen molar-refractivity contribution in [3.8, 4) is 0 Å². The minimum absolute atomic E-state index is 0.0665. The average molecular weight is 399 g/mol. The summed E-state index contributed by atoms with van der Waals surface area (Å²) >= 11 is 6.44. The van der Waals surface area contributed by atoms with Gasteiger partial charge in [-0.15, -0.1) is 0 Å². The highest BCUT2D eigenvalue weighted by atomic mass is 35.5. The zero-order valence-electron chi connectivity index (χ0n) is 14.8. The molecule has 1 heterocycles. The van der Waals surface area contributed by atoms with E-state index in [0.717, 1.165) is 28.8 Å². The van der Waals surface area contributed by atoms with E-state index in [-0.39, 0.29) is 5.69 Å². The van der Waals surface area contributed by atoms with Crippen molar-refractivity contribution in [2.24, 2.45) is 0 Å². The molecule has 1 N–H and O–H groups in total.